The lowest BCUT2D eigenvalue weighted by Crippen LogP contribution is -2.60. The van der Waals surface area contributed by atoms with Gasteiger partial charge in [0.1, 0.15) is 121 Å². The van der Waals surface area contributed by atoms with E-state index in [0.29, 0.717) is 89.4 Å². The second-order valence-electron chi connectivity index (χ2n) is 23.9. The lowest BCUT2D eigenvalue weighted by molar-refractivity contribution is -0.277. The molecule has 0 radical (unpaired) electrons. The SMILES string of the molecule is OCC1OC(Oc2cccc(-c3c4nc(c(-c5cccc(OC6OC(CO)C(O)C(O)C6O)c5)c5ccc([nH]5)c(-c5cccc(OC6OC(CO)C(O)C(O)C6O)c5)c5nc(c(-c6cccc(OC7OC(CO)C(O)C(O)C7O)c6)c6ccc3[nH]6)C=C5)C=C4)c2)C(O)C(O)C1O. The Morgan fingerprint density at radius 1 is 0.292 bits per heavy atom. The quantitative estimate of drug-likeness (QED) is 0.0607. The van der Waals surface area contributed by atoms with Crippen molar-refractivity contribution in [3.05, 3.63) is 144 Å². The molecule has 9 heterocycles. The number of aliphatic hydroxyl groups excluding tert-OH is 16. The fourth-order valence-corrected chi connectivity index (χ4v) is 12.5. The van der Waals surface area contributed by atoms with Gasteiger partial charge < -0.3 is 130 Å². The van der Waals surface area contributed by atoms with Gasteiger partial charge in [-0.05, 0) is 119 Å². The van der Waals surface area contributed by atoms with E-state index in [1.54, 1.807) is 146 Å². The van der Waals surface area contributed by atoms with Crippen LogP contribution in [0, 0.1) is 0 Å². The van der Waals surface area contributed by atoms with Crippen LogP contribution >= 0.6 is 0 Å². The van der Waals surface area contributed by atoms with Crippen molar-refractivity contribution in [2.75, 3.05) is 26.4 Å². The van der Waals surface area contributed by atoms with E-state index in [-0.39, 0.29) is 23.0 Å². The summed E-state index contributed by atoms with van der Waals surface area (Å²) in [5.41, 5.74) is 7.20. The van der Waals surface area contributed by atoms with Crippen molar-refractivity contribution in [3.63, 3.8) is 0 Å². The zero-order valence-corrected chi connectivity index (χ0v) is 50.5. The van der Waals surface area contributed by atoms with Crippen molar-refractivity contribution < 1.29 is 120 Å². The summed E-state index contributed by atoms with van der Waals surface area (Å²) in [6.07, 6.45) is -24.7. The van der Waals surface area contributed by atoms with Crippen LogP contribution in [0.5, 0.6) is 23.0 Å². The number of benzene rings is 4. The first kappa shape index (κ1) is 66.5. The third-order valence-corrected chi connectivity index (χ3v) is 17.6. The molecule has 4 aromatic carbocycles. The van der Waals surface area contributed by atoms with Crippen LogP contribution in [-0.4, -0.2) is 251 Å². The monoisotopic (exact) mass is 1330 g/mol. The molecular weight excluding hydrogens is 1260 g/mol. The highest BCUT2D eigenvalue weighted by molar-refractivity contribution is 6.00. The summed E-state index contributed by atoms with van der Waals surface area (Å²) in [5, 5.41) is 169. The lowest BCUT2D eigenvalue weighted by Gasteiger charge is -2.39. The summed E-state index contributed by atoms with van der Waals surface area (Å²) in [4.78, 5) is 17.9. The molecule has 28 heteroatoms. The van der Waals surface area contributed by atoms with Crippen LogP contribution in [0.1, 0.15) is 22.8 Å². The van der Waals surface area contributed by atoms with Crippen LogP contribution in [0.4, 0.5) is 0 Å². The Bertz CT molecular complexity index is 3680. The Balaban J connectivity index is 1.03. The predicted molar refractivity (Wildman–Crippen MR) is 338 cm³/mol. The van der Waals surface area contributed by atoms with E-state index in [2.05, 4.69) is 9.97 Å². The Hall–Kier alpha value is -8.12. The molecule has 4 fully saturated rings. The van der Waals surface area contributed by atoms with Crippen molar-refractivity contribution in [3.8, 4) is 67.5 Å². The summed E-state index contributed by atoms with van der Waals surface area (Å²) < 4.78 is 47.6. The molecule has 20 unspecified atom stereocenters. The van der Waals surface area contributed by atoms with Gasteiger partial charge in [-0.15, -0.1) is 0 Å². The third-order valence-electron chi connectivity index (χ3n) is 17.6. The van der Waals surface area contributed by atoms with Gasteiger partial charge in [0.2, 0.25) is 25.2 Å². The van der Waals surface area contributed by atoms with E-state index < -0.39 is 149 Å². The number of nitrogens with one attached hydrogen (secondary N) is 2. The molecule has 96 heavy (non-hydrogen) atoms. The van der Waals surface area contributed by atoms with Crippen LogP contribution in [-0.2, 0) is 18.9 Å². The number of hydrogen-bond acceptors (Lipinski definition) is 26. The number of fused-ring (bicyclic) bond motifs is 8. The average Bonchev–Trinajstić information content (AvgIpc) is 1.62. The molecule has 6 aliphatic heterocycles. The van der Waals surface area contributed by atoms with Gasteiger partial charge in [0, 0.05) is 44.3 Å². The van der Waals surface area contributed by atoms with E-state index in [9.17, 15) is 81.7 Å². The van der Waals surface area contributed by atoms with Crippen molar-refractivity contribution in [1.82, 2.24) is 19.9 Å². The lowest BCUT2D eigenvalue weighted by atomic mass is 9.99. The van der Waals surface area contributed by atoms with Gasteiger partial charge in [-0.25, -0.2) is 9.97 Å². The van der Waals surface area contributed by atoms with Gasteiger partial charge in [0.05, 0.1) is 49.2 Å². The second-order valence-corrected chi connectivity index (χ2v) is 23.9. The first-order chi connectivity index (χ1) is 46.3. The van der Waals surface area contributed by atoms with Gasteiger partial charge in [0.25, 0.3) is 0 Å². The zero-order valence-electron chi connectivity index (χ0n) is 50.5. The molecule has 0 aliphatic carbocycles. The number of nitrogens with zero attached hydrogens (tertiary/aromatic N) is 2. The minimum Gasteiger partial charge on any atom is -0.462 e. The van der Waals surface area contributed by atoms with E-state index >= 15 is 0 Å². The van der Waals surface area contributed by atoms with Crippen molar-refractivity contribution in [1.29, 1.82) is 0 Å². The van der Waals surface area contributed by atoms with Crippen LogP contribution in [0.3, 0.4) is 0 Å². The van der Waals surface area contributed by atoms with Gasteiger partial charge >= 0.3 is 0 Å². The number of H-pyrrole nitrogens is 2. The maximum atomic E-state index is 11.1. The van der Waals surface area contributed by atoms with Crippen LogP contribution in [0.25, 0.3) is 90.9 Å². The average molecular weight is 1330 g/mol. The highest BCUT2D eigenvalue weighted by atomic mass is 16.7. The van der Waals surface area contributed by atoms with E-state index in [1.165, 1.54) is 0 Å². The van der Waals surface area contributed by atoms with Crippen LogP contribution in [0.15, 0.2) is 121 Å². The zero-order chi connectivity index (χ0) is 67.4. The molecule has 8 bridgehead atoms. The Morgan fingerprint density at radius 2 is 0.510 bits per heavy atom. The molecule has 0 amide bonds. The van der Waals surface area contributed by atoms with Crippen molar-refractivity contribution in [2.45, 2.75) is 123 Å². The highest BCUT2D eigenvalue weighted by Crippen LogP contribution is 2.42. The molecule has 13 rings (SSSR count). The Kier molecular flexibility index (Phi) is 19.2. The third kappa shape index (κ3) is 12.8. The summed E-state index contributed by atoms with van der Waals surface area (Å²) >= 11 is 0. The smallest absolute Gasteiger partial charge is 0.229 e. The number of aliphatic hydroxyl groups is 16. The second kappa shape index (κ2) is 27.8. The summed E-state index contributed by atoms with van der Waals surface area (Å²) in [6, 6.07) is 33.9. The molecule has 20 atom stereocenters. The molecule has 6 aliphatic rings. The minimum absolute atomic E-state index is 0.132. The summed E-state index contributed by atoms with van der Waals surface area (Å²) in [5.74, 6) is 0.528. The van der Waals surface area contributed by atoms with Crippen LogP contribution in [0.2, 0.25) is 0 Å². The molecular formula is C68H70N4O24. The summed E-state index contributed by atoms with van der Waals surface area (Å²) in [7, 11) is 0. The minimum atomic E-state index is -1.74. The number of rotatable bonds is 16. The van der Waals surface area contributed by atoms with Gasteiger partial charge in [-0.2, -0.15) is 0 Å². The van der Waals surface area contributed by atoms with Gasteiger partial charge in [-0.3, -0.25) is 0 Å². The van der Waals surface area contributed by atoms with Crippen LogP contribution < -0.4 is 18.9 Å². The highest BCUT2D eigenvalue weighted by Gasteiger charge is 2.48. The fourth-order valence-electron chi connectivity index (χ4n) is 12.5. The predicted octanol–water partition coefficient (Wildman–Crippen LogP) is 0.0384. The largest absolute Gasteiger partial charge is 0.462 e. The molecule has 506 valence electrons. The number of hydrogen-bond donors (Lipinski definition) is 18. The first-order valence-electron chi connectivity index (χ1n) is 30.8. The van der Waals surface area contributed by atoms with E-state index in [4.69, 9.17) is 47.9 Å². The molecule has 7 aromatic rings. The molecule has 18 N–H and O–H groups in total. The first-order valence-corrected chi connectivity index (χ1v) is 30.8. The summed E-state index contributed by atoms with van der Waals surface area (Å²) in [6.45, 7) is -2.79. The van der Waals surface area contributed by atoms with Gasteiger partial charge in [-0.1, -0.05) is 48.5 Å². The number of ether oxygens (including phenoxy) is 8. The number of aromatic amines is 2. The maximum Gasteiger partial charge on any atom is 0.229 e. The van der Waals surface area contributed by atoms with Crippen molar-refractivity contribution >= 4 is 46.4 Å². The maximum absolute atomic E-state index is 11.1. The molecule has 0 spiro atoms. The number of aromatic nitrogens is 4. The standard InChI is InChI=1S/C68H70N4O24/c73-25-45-53(77)57(81)61(85)65(93-45)89-33-9-1-5-29(21-33)49-37-13-15-39(69-37)50(30-6-2-10-34(22-30)90-66-62(86)58(82)54(78)46(26-74)94-66)41-17-19-43(71-41)52(32-8-4-12-36(24-32)92-68-64(88)60(84)56(80)48(28-76)96-68)44-20-18-42(72-44)51(40-16-14-38(49)70-40)31-7-3-11-35(23-31)91-67-63(87)59(83)55(79)47(27-75)95-67/h1-24,45-48,53-69,72-88H,25-28H2. The molecule has 4 saturated heterocycles. The van der Waals surface area contributed by atoms with E-state index in [0.717, 1.165) is 0 Å². The molecule has 28 nitrogen and oxygen atoms in total. The van der Waals surface area contributed by atoms with Crippen molar-refractivity contribution in [2.24, 2.45) is 0 Å². The van der Waals surface area contributed by atoms with Gasteiger partial charge in [0.15, 0.2) is 0 Å². The topological polar surface area (TPSA) is 455 Å². The normalized spacial score (nSPS) is 31.2. The van der Waals surface area contributed by atoms with E-state index in [1.807, 2.05) is 0 Å². The fraction of sp³-hybridized carbons (Fsp3) is 0.353. The molecule has 0 saturated carbocycles. The Labute approximate surface area is 544 Å². The molecule has 3 aromatic heterocycles. The Morgan fingerprint density at radius 3 is 0.719 bits per heavy atom.